The van der Waals surface area contributed by atoms with Crippen LogP contribution in [-0.2, 0) is 9.84 Å². The Hall–Kier alpha value is -0.310. The Morgan fingerprint density at radius 1 is 1.50 bits per heavy atom. The zero-order chi connectivity index (χ0) is 7.61. The molecular weight excluding hydrogens is 148 g/mol. The number of hydrogen-bond acceptors (Lipinski definition) is 2. The van der Waals surface area contributed by atoms with Crippen molar-refractivity contribution >= 4 is 9.84 Å². The smallest absolute Gasteiger partial charge is 0.154 e. The molecule has 0 radical (unpaired) electrons. The van der Waals surface area contributed by atoms with Gasteiger partial charge in [0.15, 0.2) is 9.84 Å². The summed E-state index contributed by atoms with van der Waals surface area (Å²) in [6.07, 6.45) is 3.73. The predicted molar refractivity (Wildman–Crippen MR) is 41.6 cm³/mol. The summed E-state index contributed by atoms with van der Waals surface area (Å²) in [7, 11) is -2.74. The molecule has 3 heteroatoms. The molecule has 0 N–H and O–H groups in total. The summed E-state index contributed by atoms with van der Waals surface area (Å²) in [5.74, 6) is 0.633. The summed E-state index contributed by atoms with van der Waals surface area (Å²) >= 11 is 0. The maximum Gasteiger partial charge on any atom is 0.154 e. The van der Waals surface area contributed by atoms with Crippen molar-refractivity contribution in [3.05, 3.63) is 11.6 Å². The standard InChI is InChI=1S/C7H12O2S/c1-7-4-2-3-5-10(8,9)6-7/h4H,2-3,5-6H2,1H3. The minimum Gasteiger partial charge on any atom is -0.229 e. The molecule has 0 saturated heterocycles. The van der Waals surface area contributed by atoms with Gasteiger partial charge in [-0.3, -0.25) is 0 Å². The first-order valence-electron chi connectivity index (χ1n) is 3.46. The van der Waals surface area contributed by atoms with Crippen LogP contribution in [-0.4, -0.2) is 19.9 Å². The first kappa shape index (κ1) is 7.79. The van der Waals surface area contributed by atoms with E-state index in [0.717, 1.165) is 18.4 Å². The molecule has 0 aromatic rings. The highest BCUT2D eigenvalue weighted by Crippen LogP contribution is 2.10. The van der Waals surface area contributed by atoms with E-state index in [9.17, 15) is 8.42 Å². The summed E-state index contributed by atoms with van der Waals surface area (Å²) in [5, 5.41) is 0. The van der Waals surface area contributed by atoms with Crippen LogP contribution in [0.1, 0.15) is 19.8 Å². The lowest BCUT2D eigenvalue weighted by Crippen LogP contribution is -2.09. The van der Waals surface area contributed by atoms with E-state index in [0.29, 0.717) is 5.75 Å². The Labute approximate surface area is 61.9 Å². The quantitative estimate of drug-likeness (QED) is 0.498. The fourth-order valence-corrected chi connectivity index (χ4v) is 2.69. The molecule has 0 aromatic heterocycles. The van der Waals surface area contributed by atoms with Crippen LogP contribution in [0.3, 0.4) is 0 Å². The van der Waals surface area contributed by atoms with Gasteiger partial charge < -0.3 is 0 Å². The van der Waals surface area contributed by atoms with E-state index in [-0.39, 0.29) is 5.75 Å². The molecule has 1 aliphatic heterocycles. The first-order chi connectivity index (χ1) is 4.60. The van der Waals surface area contributed by atoms with E-state index in [4.69, 9.17) is 0 Å². The lowest BCUT2D eigenvalue weighted by Gasteiger charge is -1.97. The molecule has 0 spiro atoms. The molecule has 0 bridgehead atoms. The lowest BCUT2D eigenvalue weighted by atomic mass is 10.2. The number of sulfone groups is 1. The molecule has 0 unspecified atom stereocenters. The molecule has 1 rings (SSSR count). The van der Waals surface area contributed by atoms with Gasteiger partial charge in [0.25, 0.3) is 0 Å². The second-order valence-electron chi connectivity index (χ2n) is 2.78. The van der Waals surface area contributed by atoms with E-state index >= 15 is 0 Å². The Bertz CT molecular complexity index is 236. The van der Waals surface area contributed by atoms with E-state index in [1.807, 2.05) is 13.0 Å². The highest BCUT2D eigenvalue weighted by atomic mass is 32.2. The third kappa shape index (κ3) is 2.14. The fourth-order valence-electron chi connectivity index (χ4n) is 1.13. The second-order valence-corrected chi connectivity index (χ2v) is 4.97. The van der Waals surface area contributed by atoms with Gasteiger partial charge in [-0.25, -0.2) is 8.42 Å². The average Bonchev–Trinajstić information content (AvgIpc) is 1.90. The summed E-state index contributed by atoms with van der Waals surface area (Å²) in [6, 6.07) is 0. The van der Waals surface area contributed by atoms with Crippen molar-refractivity contribution in [1.29, 1.82) is 0 Å². The minimum atomic E-state index is -2.74. The van der Waals surface area contributed by atoms with Gasteiger partial charge >= 0.3 is 0 Å². The third-order valence-electron chi connectivity index (χ3n) is 1.60. The zero-order valence-corrected chi connectivity index (χ0v) is 6.95. The monoisotopic (exact) mass is 160 g/mol. The van der Waals surface area contributed by atoms with Gasteiger partial charge in [0.2, 0.25) is 0 Å². The van der Waals surface area contributed by atoms with Gasteiger partial charge in [-0.15, -0.1) is 0 Å². The molecule has 1 heterocycles. The van der Waals surface area contributed by atoms with Crippen molar-refractivity contribution in [1.82, 2.24) is 0 Å². The molecule has 0 aliphatic carbocycles. The van der Waals surface area contributed by atoms with Crippen molar-refractivity contribution in [3.8, 4) is 0 Å². The maximum atomic E-state index is 11.0. The van der Waals surface area contributed by atoms with Crippen LogP contribution in [0.5, 0.6) is 0 Å². The molecular formula is C7H12O2S. The van der Waals surface area contributed by atoms with Crippen molar-refractivity contribution in [3.63, 3.8) is 0 Å². The van der Waals surface area contributed by atoms with Gasteiger partial charge in [-0.2, -0.15) is 0 Å². The second kappa shape index (κ2) is 2.74. The van der Waals surface area contributed by atoms with Gasteiger partial charge in [0.1, 0.15) is 0 Å². The fraction of sp³-hybridized carbons (Fsp3) is 0.714. The molecule has 0 fully saturated rings. The predicted octanol–water partition coefficient (Wildman–Crippen LogP) is 1.14. The van der Waals surface area contributed by atoms with Crippen LogP contribution in [0.2, 0.25) is 0 Å². The van der Waals surface area contributed by atoms with Crippen LogP contribution in [0.4, 0.5) is 0 Å². The molecule has 0 aromatic carbocycles. The van der Waals surface area contributed by atoms with Crippen molar-refractivity contribution < 1.29 is 8.42 Å². The molecule has 0 atom stereocenters. The minimum absolute atomic E-state index is 0.271. The first-order valence-corrected chi connectivity index (χ1v) is 5.28. The molecule has 1 aliphatic rings. The average molecular weight is 160 g/mol. The van der Waals surface area contributed by atoms with Crippen LogP contribution < -0.4 is 0 Å². The zero-order valence-electron chi connectivity index (χ0n) is 6.13. The van der Waals surface area contributed by atoms with Crippen LogP contribution in [0.25, 0.3) is 0 Å². The summed E-state index contributed by atoms with van der Waals surface area (Å²) in [4.78, 5) is 0. The maximum absolute atomic E-state index is 11.0. The third-order valence-corrected chi connectivity index (χ3v) is 3.41. The topological polar surface area (TPSA) is 34.1 Å². The Morgan fingerprint density at radius 3 is 2.90 bits per heavy atom. The van der Waals surface area contributed by atoms with Gasteiger partial charge in [0, 0.05) is 0 Å². The molecule has 58 valence electrons. The normalized spacial score (nSPS) is 25.1. The summed E-state index contributed by atoms with van der Waals surface area (Å²) in [5.41, 5.74) is 0.998. The van der Waals surface area contributed by atoms with Crippen LogP contribution in [0, 0.1) is 0 Å². The molecule has 2 nitrogen and oxygen atoms in total. The van der Waals surface area contributed by atoms with E-state index in [1.54, 1.807) is 0 Å². The number of hydrogen-bond donors (Lipinski definition) is 0. The van der Waals surface area contributed by atoms with Gasteiger partial charge in [-0.1, -0.05) is 11.6 Å². The molecule has 0 amide bonds. The largest absolute Gasteiger partial charge is 0.229 e. The highest BCUT2D eigenvalue weighted by Gasteiger charge is 2.13. The number of rotatable bonds is 0. The molecule has 10 heavy (non-hydrogen) atoms. The Kier molecular flexibility index (Phi) is 2.14. The number of allylic oxidation sites excluding steroid dienone is 1. The van der Waals surface area contributed by atoms with E-state index in [1.165, 1.54) is 0 Å². The Balaban J connectivity index is 2.79. The van der Waals surface area contributed by atoms with Crippen molar-refractivity contribution in [2.45, 2.75) is 19.8 Å². The lowest BCUT2D eigenvalue weighted by molar-refractivity contribution is 0.597. The summed E-state index contributed by atoms with van der Waals surface area (Å²) in [6.45, 7) is 1.88. The van der Waals surface area contributed by atoms with E-state index < -0.39 is 9.84 Å². The van der Waals surface area contributed by atoms with Crippen LogP contribution in [0.15, 0.2) is 11.6 Å². The van der Waals surface area contributed by atoms with Gasteiger partial charge in [-0.05, 0) is 19.8 Å². The SMILES string of the molecule is CC1=CCCCS(=O)(=O)C1. The van der Waals surface area contributed by atoms with Crippen molar-refractivity contribution in [2.24, 2.45) is 0 Å². The Morgan fingerprint density at radius 2 is 2.20 bits per heavy atom. The summed E-state index contributed by atoms with van der Waals surface area (Å²) < 4.78 is 22.1. The van der Waals surface area contributed by atoms with Gasteiger partial charge in [0.05, 0.1) is 11.5 Å². The molecule has 0 saturated carbocycles. The van der Waals surface area contributed by atoms with Crippen LogP contribution >= 0.6 is 0 Å². The highest BCUT2D eigenvalue weighted by molar-refractivity contribution is 7.91. The van der Waals surface area contributed by atoms with Crippen molar-refractivity contribution in [2.75, 3.05) is 11.5 Å². The van der Waals surface area contributed by atoms with E-state index in [2.05, 4.69) is 0 Å².